The molecule has 0 aromatic heterocycles. The molecule has 1 fully saturated rings. The maximum absolute atomic E-state index is 10.1. The lowest BCUT2D eigenvalue weighted by Crippen LogP contribution is -2.36. The van der Waals surface area contributed by atoms with Crippen LogP contribution in [0.2, 0.25) is 0 Å². The Bertz CT molecular complexity index is 114. The fourth-order valence-corrected chi connectivity index (χ4v) is 1.65. The zero-order valence-corrected chi connectivity index (χ0v) is 6.47. The van der Waals surface area contributed by atoms with E-state index in [9.17, 15) is 4.79 Å². The Hall–Kier alpha value is -0.530. The molecule has 2 atom stereocenters. The van der Waals surface area contributed by atoms with Crippen molar-refractivity contribution in [2.24, 2.45) is 5.92 Å². The van der Waals surface area contributed by atoms with Gasteiger partial charge in [-0.15, -0.1) is 0 Å². The molecule has 1 aliphatic carbocycles. The molecule has 0 aromatic carbocycles. The fraction of sp³-hybridized carbons (Fsp3) is 0.875. The van der Waals surface area contributed by atoms with Crippen molar-refractivity contribution in [1.29, 1.82) is 0 Å². The summed E-state index contributed by atoms with van der Waals surface area (Å²) in [4.78, 5) is 10.1. The zero-order chi connectivity index (χ0) is 7.40. The molecule has 1 unspecified atom stereocenters. The van der Waals surface area contributed by atoms with Gasteiger partial charge < -0.3 is 5.32 Å². The molecule has 0 saturated heterocycles. The molecular weight excluding hydrogens is 126 g/mol. The van der Waals surface area contributed by atoms with Crippen LogP contribution in [0, 0.1) is 5.92 Å². The lowest BCUT2D eigenvalue weighted by Gasteiger charge is -2.27. The molecule has 1 aliphatic rings. The summed E-state index contributed by atoms with van der Waals surface area (Å²) in [5.41, 5.74) is 0. The van der Waals surface area contributed by atoms with Crippen LogP contribution in [0.1, 0.15) is 32.6 Å². The van der Waals surface area contributed by atoms with E-state index in [-0.39, 0.29) is 0 Å². The highest BCUT2D eigenvalue weighted by Crippen LogP contribution is 2.22. The van der Waals surface area contributed by atoms with Crippen LogP contribution in [0.25, 0.3) is 0 Å². The Morgan fingerprint density at radius 1 is 1.40 bits per heavy atom. The van der Waals surface area contributed by atoms with E-state index in [1.165, 1.54) is 25.7 Å². The van der Waals surface area contributed by atoms with E-state index < -0.39 is 0 Å². The SMILES string of the molecule is C[C@H]1CCCCC1NC=O. The van der Waals surface area contributed by atoms with E-state index >= 15 is 0 Å². The summed E-state index contributed by atoms with van der Waals surface area (Å²) in [7, 11) is 0. The third kappa shape index (κ3) is 1.72. The van der Waals surface area contributed by atoms with Crippen LogP contribution in [0.5, 0.6) is 0 Å². The van der Waals surface area contributed by atoms with Crippen molar-refractivity contribution in [2.45, 2.75) is 38.6 Å². The molecule has 1 saturated carbocycles. The van der Waals surface area contributed by atoms with Gasteiger partial charge in [0.1, 0.15) is 0 Å². The first kappa shape index (κ1) is 7.58. The second kappa shape index (κ2) is 3.59. The minimum absolute atomic E-state index is 0.450. The molecular formula is C8H15NO. The normalized spacial score (nSPS) is 33.3. The molecule has 1 amide bonds. The monoisotopic (exact) mass is 141 g/mol. The number of carbonyl (C=O) groups is 1. The van der Waals surface area contributed by atoms with Gasteiger partial charge in [0, 0.05) is 6.04 Å². The maximum Gasteiger partial charge on any atom is 0.207 e. The Balaban J connectivity index is 2.32. The van der Waals surface area contributed by atoms with Gasteiger partial charge in [-0.2, -0.15) is 0 Å². The third-order valence-corrected chi connectivity index (χ3v) is 2.39. The summed E-state index contributed by atoms with van der Waals surface area (Å²) in [6, 6.07) is 0.450. The Labute approximate surface area is 62.0 Å². The number of amides is 1. The van der Waals surface area contributed by atoms with Crippen molar-refractivity contribution in [1.82, 2.24) is 5.32 Å². The van der Waals surface area contributed by atoms with E-state index in [1.807, 2.05) is 0 Å². The quantitative estimate of drug-likeness (QED) is 0.577. The van der Waals surface area contributed by atoms with Crippen LogP contribution in [-0.2, 0) is 4.79 Å². The molecule has 1 N–H and O–H groups in total. The van der Waals surface area contributed by atoms with Gasteiger partial charge in [-0.05, 0) is 18.8 Å². The molecule has 0 aliphatic heterocycles. The van der Waals surface area contributed by atoms with Crippen molar-refractivity contribution < 1.29 is 4.79 Å². The fourth-order valence-electron chi connectivity index (χ4n) is 1.65. The summed E-state index contributed by atoms with van der Waals surface area (Å²) in [6.07, 6.45) is 5.87. The first-order valence-electron chi connectivity index (χ1n) is 4.04. The molecule has 10 heavy (non-hydrogen) atoms. The molecule has 0 bridgehead atoms. The van der Waals surface area contributed by atoms with Crippen LogP contribution >= 0.6 is 0 Å². The predicted molar refractivity (Wildman–Crippen MR) is 40.6 cm³/mol. The van der Waals surface area contributed by atoms with Gasteiger partial charge in [0.05, 0.1) is 0 Å². The number of carbonyl (C=O) groups excluding carboxylic acids is 1. The summed E-state index contributed by atoms with van der Waals surface area (Å²) in [5.74, 6) is 0.680. The van der Waals surface area contributed by atoms with Crippen LogP contribution in [0.15, 0.2) is 0 Å². The highest BCUT2D eigenvalue weighted by molar-refractivity contribution is 5.46. The molecule has 0 radical (unpaired) electrons. The van der Waals surface area contributed by atoms with E-state index in [0.29, 0.717) is 12.0 Å². The number of hydrogen-bond acceptors (Lipinski definition) is 1. The summed E-state index contributed by atoms with van der Waals surface area (Å²) in [6.45, 7) is 2.21. The van der Waals surface area contributed by atoms with Gasteiger partial charge in [-0.3, -0.25) is 4.79 Å². The lowest BCUT2D eigenvalue weighted by molar-refractivity contribution is -0.110. The van der Waals surface area contributed by atoms with Gasteiger partial charge in [-0.25, -0.2) is 0 Å². The van der Waals surface area contributed by atoms with Crippen LogP contribution in [0.4, 0.5) is 0 Å². The summed E-state index contributed by atoms with van der Waals surface area (Å²) >= 11 is 0. The Morgan fingerprint density at radius 3 is 2.70 bits per heavy atom. The summed E-state index contributed by atoms with van der Waals surface area (Å²) < 4.78 is 0. The van der Waals surface area contributed by atoms with Gasteiger partial charge in [0.2, 0.25) is 6.41 Å². The number of hydrogen-bond donors (Lipinski definition) is 1. The molecule has 0 heterocycles. The molecule has 58 valence electrons. The van der Waals surface area contributed by atoms with Gasteiger partial charge >= 0.3 is 0 Å². The Kier molecular flexibility index (Phi) is 2.72. The van der Waals surface area contributed by atoms with Crippen LogP contribution in [0.3, 0.4) is 0 Å². The summed E-state index contributed by atoms with van der Waals surface area (Å²) in [5, 5.41) is 2.85. The van der Waals surface area contributed by atoms with Crippen molar-refractivity contribution in [3.63, 3.8) is 0 Å². The minimum atomic E-state index is 0.450. The largest absolute Gasteiger partial charge is 0.356 e. The molecule has 0 aromatic rings. The topological polar surface area (TPSA) is 29.1 Å². The van der Waals surface area contributed by atoms with Crippen molar-refractivity contribution in [2.75, 3.05) is 0 Å². The standard InChI is InChI=1S/C8H15NO/c1-7-4-2-3-5-8(7)9-6-10/h6-8H,2-5H2,1H3,(H,9,10)/t7-,8?/m0/s1. The second-order valence-electron chi connectivity index (χ2n) is 3.15. The first-order valence-corrected chi connectivity index (χ1v) is 4.04. The average Bonchev–Trinajstić information content (AvgIpc) is 1.94. The number of nitrogens with one attached hydrogen (secondary N) is 1. The Morgan fingerprint density at radius 2 is 2.10 bits per heavy atom. The zero-order valence-electron chi connectivity index (χ0n) is 6.47. The van der Waals surface area contributed by atoms with E-state index in [0.717, 1.165) is 6.41 Å². The molecule has 2 nitrogen and oxygen atoms in total. The van der Waals surface area contributed by atoms with Gasteiger partial charge in [0.25, 0.3) is 0 Å². The smallest absolute Gasteiger partial charge is 0.207 e. The first-order chi connectivity index (χ1) is 4.84. The predicted octanol–water partition coefficient (Wildman–Crippen LogP) is 1.31. The molecule has 2 heteroatoms. The van der Waals surface area contributed by atoms with Crippen LogP contribution in [-0.4, -0.2) is 12.5 Å². The lowest BCUT2D eigenvalue weighted by atomic mass is 9.86. The maximum atomic E-state index is 10.1. The van der Waals surface area contributed by atoms with Crippen molar-refractivity contribution in [3.05, 3.63) is 0 Å². The number of rotatable bonds is 2. The average molecular weight is 141 g/mol. The van der Waals surface area contributed by atoms with E-state index in [4.69, 9.17) is 0 Å². The van der Waals surface area contributed by atoms with Gasteiger partial charge in [-0.1, -0.05) is 19.8 Å². The molecule has 0 spiro atoms. The second-order valence-corrected chi connectivity index (χ2v) is 3.15. The van der Waals surface area contributed by atoms with Crippen molar-refractivity contribution >= 4 is 6.41 Å². The third-order valence-electron chi connectivity index (χ3n) is 2.39. The van der Waals surface area contributed by atoms with E-state index in [1.54, 1.807) is 0 Å². The highest BCUT2D eigenvalue weighted by atomic mass is 16.1. The molecule has 1 rings (SSSR count). The van der Waals surface area contributed by atoms with Crippen LogP contribution < -0.4 is 5.32 Å². The minimum Gasteiger partial charge on any atom is -0.356 e. The van der Waals surface area contributed by atoms with Gasteiger partial charge in [0.15, 0.2) is 0 Å². The van der Waals surface area contributed by atoms with E-state index in [2.05, 4.69) is 12.2 Å². The highest BCUT2D eigenvalue weighted by Gasteiger charge is 2.19. The van der Waals surface area contributed by atoms with Crippen molar-refractivity contribution in [3.8, 4) is 0 Å².